The average molecular weight is 288 g/mol. The second-order valence-electron chi connectivity index (χ2n) is 5.97. The van der Waals surface area contributed by atoms with Crippen molar-refractivity contribution in [1.29, 1.82) is 0 Å². The molecular formula is C16H20N2O3. The minimum absolute atomic E-state index is 0.0299. The number of rotatable bonds is 5. The van der Waals surface area contributed by atoms with E-state index in [-0.39, 0.29) is 18.2 Å². The molecule has 0 bridgehead atoms. The first-order chi connectivity index (χ1) is 10.1. The smallest absolute Gasteiger partial charge is 0.304 e. The van der Waals surface area contributed by atoms with Gasteiger partial charge in [-0.25, -0.2) is 0 Å². The van der Waals surface area contributed by atoms with Gasteiger partial charge < -0.3 is 14.9 Å². The predicted octanol–water partition coefficient (Wildman–Crippen LogP) is 1.69. The van der Waals surface area contributed by atoms with Crippen LogP contribution in [0.4, 0.5) is 5.69 Å². The zero-order valence-corrected chi connectivity index (χ0v) is 12.2. The van der Waals surface area contributed by atoms with Crippen LogP contribution in [0.25, 0.3) is 0 Å². The van der Waals surface area contributed by atoms with Crippen molar-refractivity contribution in [2.45, 2.75) is 31.2 Å². The van der Waals surface area contributed by atoms with E-state index < -0.39 is 5.97 Å². The summed E-state index contributed by atoms with van der Waals surface area (Å²) >= 11 is 0. The molecule has 0 saturated heterocycles. The Labute approximate surface area is 124 Å². The molecule has 1 heterocycles. The fourth-order valence-electron chi connectivity index (χ4n) is 3.06. The quantitative estimate of drug-likeness (QED) is 0.895. The summed E-state index contributed by atoms with van der Waals surface area (Å²) in [6.07, 6.45) is 2.31. The molecule has 5 nitrogen and oxygen atoms in total. The van der Waals surface area contributed by atoms with Gasteiger partial charge in [-0.1, -0.05) is 18.2 Å². The van der Waals surface area contributed by atoms with E-state index in [1.54, 1.807) is 0 Å². The Morgan fingerprint density at radius 2 is 2.05 bits per heavy atom. The second kappa shape index (κ2) is 5.39. The molecule has 112 valence electrons. The number of nitrogens with zero attached hydrogens (tertiary/aromatic N) is 2. The van der Waals surface area contributed by atoms with Gasteiger partial charge in [0.25, 0.3) is 0 Å². The van der Waals surface area contributed by atoms with Gasteiger partial charge in [-0.15, -0.1) is 0 Å². The van der Waals surface area contributed by atoms with Crippen molar-refractivity contribution >= 4 is 17.6 Å². The van der Waals surface area contributed by atoms with E-state index in [4.69, 9.17) is 5.11 Å². The van der Waals surface area contributed by atoms with Crippen molar-refractivity contribution in [3.63, 3.8) is 0 Å². The van der Waals surface area contributed by atoms with E-state index in [2.05, 4.69) is 0 Å². The Morgan fingerprint density at radius 3 is 2.71 bits per heavy atom. The summed E-state index contributed by atoms with van der Waals surface area (Å²) < 4.78 is 0. The fraction of sp³-hybridized carbons (Fsp3) is 0.500. The molecule has 3 rings (SSSR count). The van der Waals surface area contributed by atoms with E-state index in [9.17, 15) is 9.59 Å². The number of amides is 1. The molecule has 1 aliphatic heterocycles. The van der Waals surface area contributed by atoms with E-state index in [0.717, 1.165) is 24.1 Å². The molecule has 1 fully saturated rings. The predicted molar refractivity (Wildman–Crippen MR) is 79.4 cm³/mol. The summed E-state index contributed by atoms with van der Waals surface area (Å²) in [6.45, 7) is 0.941. The van der Waals surface area contributed by atoms with Crippen LogP contribution in [0, 0.1) is 0 Å². The van der Waals surface area contributed by atoms with Gasteiger partial charge in [0.1, 0.15) is 0 Å². The number of aliphatic carboxylic acids is 1. The molecule has 0 spiro atoms. The number of anilines is 1. The number of para-hydroxylation sites is 1. The molecule has 1 aromatic rings. The lowest BCUT2D eigenvalue weighted by molar-refractivity contribution is -0.137. The lowest BCUT2D eigenvalue weighted by Crippen LogP contribution is -2.39. The molecule has 1 N–H and O–H groups in total. The highest BCUT2D eigenvalue weighted by molar-refractivity contribution is 5.83. The second-order valence-corrected chi connectivity index (χ2v) is 5.97. The maximum Gasteiger partial charge on any atom is 0.304 e. The maximum atomic E-state index is 12.3. The maximum absolute atomic E-state index is 12.3. The Balaban J connectivity index is 1.74. The van der Waals surface area contributed by atoms with Gasteiger partial charge in [0, 0.05) is 31.2 Å². The molecule has 0 radical (unpaired) electrons. The summed E-state index contributed by atoms with van der Waals surface area (Å²) in [7, 11) is 1.86. The van der Waals surface area contributed by atoms with E-state index >= 15 is 0 Å². The summed E-state index contributed by atoms with van der Waals surface area (Å²) in [4.78, 5) is 27.1. The number of benzene rings is 1. The Hall–Kier alpha value is -2.04. The Kier molecular flexibility index (Phi) is 3.57. The third kappa shape index (κ3) is 2.86. The molecule has 1 unspecified atom stereocenters. The summed E-state index contributed by atoms with van der Waals surface area (Å²) in [5, 5.41) is 9.04. The first-order valence-electron chi connectivity index (χ1n) is 7.37. The van der Waals surface area contributed by atoms with Crippen molar-refractivity contribution in [3.05, 3.63) is 29.8 Å². The van der Waals surface area contributed by atoms with Crippen molar-refractivity contribution < 1.29 is 14.7 Å². The van der Waals surface area contributed by atoms with Gasteiger partial charge in [-0.05, 0) is 24.5 Å². The summed E-state index contributed by atoms with van der Waals surface area (Å²) in [6, 6.07) is 8.21. The first kappa shape index (κ1) is 13.9. The van der Waals surface area contributed by atoms with Crippen LogP contribution in [0.5, 0.6) is 0 Å². The van der Waals surface area contributed by atoms with Gasteiger partial charge >= 0.3 is 5.97 Å². The number of fused-ring (bicyclic) bond motifs is 1. The highest BCUT2D eigenvalue weighted by atomic mass is 16.4. The summed E-state index contributed by atoms with van der Waals surface area (Å²) in [5.41, 5.74) is 2.04. The third-order valence-corrected chi connectivity index (χ3v) is 4.39. The number of carboxylic acid groups (broad SMARTS) is 1. The molecule has 1 saturated carbocycles. The highest BCUT2D eigenvalue weighted by Crippen LogP contribution is 2.38. The van der Waals surface area contributed by atoms with Crippen molar-refractivity contribution in [2.75, 3.05) is 25.0 Å². The monoisotopic (exact) mass is 288 g/mol. The number of carbonyl (C=O) groups is 2. The van der Waals surface area contributed by atoms with Gasteiger partial charge in [0.05, 0.1) is 13.0 Å². The van der Waals surface area contributed by atoms with Gasteiger partial charge in [0.15, 0.2) is 0 Å². The van der Waals surface area contributed by atoms with Crippen molar-refractivity contribution in [2.24, 2.45) is 0 Å². The molecule has 1 atom stereocenters. The third-order valence-electron chi connectivity index (χ3n) is 4.39. The summed E-state index contributed by atoms with van der Waals surface area (Å²) in [5.74, 6) is -0.709. The van der Waals surface area contributed by atoms with Crippen molar-refractivity contribution in [3.8, 4) is 0 Å². The van der Waals surface area contributed by atoms with Crippen LogP contribution in [0.3, 0.4) is 0 Å². The van der Waals surface area contributed by atoms with Gasteiger partial charge in [-0.3, -0.25) is 9.59 Å². The van der Waals surface area contributed by atoms with Crippen LogP contribution in [0.2, 0.25) is 0 Å². The zero-order chi connectivity index (χ0) is 15.0. The number of likely N-dealkylation sites (N-methyl/N-ethyl adjacent to an activating group) is 1. The topological polar surface area (TPSA) is 60.9 Å². The van der Waals surface area contributed by atoms with Gasteiger partial charge in [0.2, 0.25) is 5.91 Å². The number of carboxylic acids is 1. The lowest BCUT2D eigenvalue weighted by atomic mass is 9.98. The zero-order valence-electron chi connectivity index (χ0n) is 12.2. The van der Waals surface area contributed by atoms with Crippen LogP contribution in [0.1, 0.15) is 30.7 Å². The Morgan fingerprint density at radius 1 is 1.33 bits per heavy atom. The normalized spacial score (nSPS) is 20.2. The van der Waals surface area contributed by atoms with Crippen LogP contribution >= 0.6 is 0 Å². The molecule has 0 aromatic heterocycles. The van der Waals surface area contributed by atoms with Crippen LogP contribution in [-0.4, -0.2) is 48.1 Å². The van der Waals surface area contributed by atoms with Gasteiger partial charge in [-0.2, -0.15) is 0 Å². The number of hydrogen-bond donors (Lipinski definition) is 1. The van der Waals surface area contributed by atoms with Crippen LogP contribution < -0.4 is 4.90 Å². The SMILES string of the molecule is CN(C(=O)CN1CC(CC(=O)O)c2ccccc21)C1CC1. The average Bonchev–Trinajstić information content (AvgIpc) is 3.24. The minimum atomic E-state index is -0.793. The van der Waals surface area contributed by atoms with E-state index in [0.29, 0.717) is 19.1 Å². The molecule has 2 aliphatic rings. The van der Waals surface area contributed by atoms with E-state index in [1.165, 1.54) is 0 Å². The minimum Gasteiger partial charge on any atom is -0.481 e. The highest BCUT2D eigenvalue weighted by Gasteiger charge is 2.34. The fourth-order valence-corrected chi connectivity index (χ4v) is 3.06. The molecule has 1 aliphatic carbocycles. The molecular weight excluding hydrogens is 268 g/mol. The Bertz CT molecular complexity index is 568. The first-order valence-corrected chi connectivity index (χ1v) is 7.37. The largest absolute Gasteiger partial charge is 0.481 e. The molecule has 21 heavy (non-hydrogen) atoms. The standard InChI is InChI=1S/C16H20N2O3/c1-17(12-6-7-12)15(19)10-18-9-11(8-16(20)21)13-4-2-3-5-14(13)18/h2-5,11-12H,6-10H2,1H3,(H,20,21). The van der Waals surface area contributed by atoms with Crippen LogP contribution in [0.15, 0.2) is 24.3 Å². The molecule has 5 heteroatoms. The number of hydrogen-bond acceptors (Lipinski definition) is 3. The number of carbonyl (C=O) groups excluding carboxylic acids is 1. The van der Waals surface area contributed by atoms with Crippen LogP contribution in [-0.2, 0) is 9.59 Å². The molecule has 1 aromatic carbocycles. The van der Waals surface area contributed by atoms with E-state index in [1.807, 2.05) is 41.1 Å². The van der Waals surface area contributed by atoms with Crippen molar-refractivity contribution in [1.82, 2.24) is 4.90 Å². The molecule has 1 amide bonds. The lowest BCUT2D eigenvalue weighted by Gasteiger charge is -2.23.